The lowest BCUT2D eigenvalue weighted by atomic mass is 9.85. The zero-order valence-electron chi connectivity index (χ0n) is 17.2. The molecule has 0 saturated heterocycles. The first-order valence-corrected chi connectivity index (χ1v) is 10.4. The highest BCUT2D eigenvalue weighted by Crippen LogP contribution is 2.34. The van der Waals surface area contributed by atoms with Crippen LogP contribution < -0.4 is 4.74 Å². The van der Waals surface area contributed by atoms with Crippen LogP contribution in [-0.4, -0.2) is 22.9 Å². The number of carbonyl (C=O) groups is 1. The summed E-state index contributed by atoms with van der Waals surface area (Å²) in [6.07, 6.45) is 1.88. The number of ether oxygens (including phenoxy) is 2. The summed E-state index contributed by atoms with van der Waals surface area (Å²) < 4.78 is 26.7. The summed E-state index contributed by atoms with van der Waals surface area (Å²) >= 11 is 3.49. The molecule has 0 atom stereocenters. The van der Waals surface area contributed by atoms with Gasteiger partial charge in [-0.25, -0.2) is 9.07 Å². The molecule has 0 saturated carbocycles. The van der Waals surface area contributed by atoms with Gasteiger partial charge >= 0.3 is 5.97 Å². The normalized spacial score (nSPS) is 11.5. The Kier molecular flexibility index (Phi) is 5.54. The van der Waals surface area contributed by atoms with Crippen molar-refractivity contribution in [2.75, 3.05) is 7.11 Å². The molecule has 0 N–H and O–H groups in total. The SMILES string of the molecule is COC(=O)C(C)(C)c1ccc(-n2cc3c(Oc4ccc(F)cc4)cc(Br)cc3n2)cc1. The minimum atomic E-state index is -0.747. The molecule has 0 fully saturated rings. The molecule has 3 aromatic carbocycles. The van der Waals surface area contributed by atoms with Crippen LogP contribution in [0.5, 0.6) is 11.5 Å². The van der Waals surface area contributed by atoms with Gasteiger partial charge < -0.3 is 9.47 Å². The average molecular weight is 483 g/mol. The lowest BCUT2D eigenvalue weighted by molar-refractivity contribution is -0.146. The third-order valence-corrected chi connectivity index (χ3v) is 5.60. The highest BCUT2D eigenvalue weighted by molar-refractivity contribution is 9.10. The van der Waals surface area contributed by atoms with Crippen molar-refractivity contribution in [3.63, 3.8) is 0 Å². The largest absolute Gasteiger partial charge is 0.468 e. The second-order valence-electron chi connectivity index (χ2n) is 7.63. The van der Waals surface area contributed by atoms with Gasteiger partial charge in [0.05, 0.1) is 29.1 Å². The van der Waals surface area contributed by atoms with E-state index in [0.717, 1.165) is 26.6 Å². The number of fused-ring (bicyclic) bond motifs is 1. The van der Waals surface area contributed by atoms with Crippen LogP contribution in [-0.2, 0) is 14.9 Å². The Bertz CT molecular complexity index is 1250. The summed E-state index contributed by atoms with van der Waals surface area (Å²) in [7, 11) is 1.39. The molecule has 31 heavy (non-hydrogen) atoms. The van der Waals surface area contributed by atoms with E-state index < -0.39 is 5.41 Å². The molecular weight excluding hydrogens is 463 g/mol. The number of rotatable bonds is 5. The summed E-state index contributed by atoms with van der Waals surface area (Å²) in [5.41, 5.74) is 1.68. The summed E-state index contributed by atoms with van der Waals surface area (Å²) in [5, 5.41) is 5.47. The maximum Gasteiger partial charge on any atom is 0.315 e. The van der Waals surface area contributed by atoms with Gasteiger partial charge in [0.2, 0.25) is 0 Å². The van der Waals surface area contributed by atoms with Crippen LogP contribution in [0.4, 0.5) is 4.39 Å². The number of nitrogens with zero attached hydrogens (tertiary/aromatic N) is 2. The Morgan fingerprint density at radius 1 is 1.06 bits per heavy atom. The van der Waals surface area contributed by atoms with E-state index in [-0.39, 0.29) is 11.8 Å². The number of hydrogen-bond donors (Lipinski definition) is 0. The van der Waals surface area contributed by atoms with Crippen LogP contribution in [0, 0.1) is 5.82 Å². The van der Waals surface area contributed by atoms with Crippen LogP contribution in [0.1, 0.15) is 19.4 Å². The number of halogens is 2. The van der Waals surface area contributed by atoms with Gasteiger partial charge in [0.15, 0.2) is 0 Å². The van der Waals surface area contributed by atoms with Crippen LogP contribution in [0.2, 0.25) is 0 Å². The molecule has 1 heterocycles. The number of hydrogen-bond acceptors (Lipinski definition) is 4. The molecule has 0 aliphatic heterocycles. The molecule has 4 aromatic rings. The fourth-order valence-corrected chi connectivity index (χ4v) is 3.73. The van der Waals surface area contributed by atoms with E-state index in [1.165, 1.54) is 19.2 Å². The van der Waals surface area contributed by atoms with Crippen molar-refractivity contribution < 1.29 is 18.7 Å². The topological polar surface area (TPSA) is 53.4 Å². The van der Waals surface area contributed by atoms with Crippen molar-refractivity contribution in [1.29, 1.82) is 0 Å². The molecule has 7 heteroatoms. The predicted molar refractivity (Wildman–Crippen MR) is 120 cm³/mol. The Labute approximate surface area is 187 Å². The monoisotopic (exact) mass is 482 g/mol. The molecule has 4 rings (SSSR count). The molecule has 5 nitrogen and oxygen atoms in total. The molecule has 0 radical (unpaired) electrons. The van der Waals surface area contributed by atoms with Crippen LogP contribution in [0.25, 0.3) is 16.6 Å². The molecule has 158 valence electrons. The smallest absolute Gasteiger partial charge is 0.315 e. The molecule has 0 unspecified atom stereocenters. The molecular formula is C24H20BrFN2O3. The van der Waals surface area contributed by atoms with Crippen molar-refractivity contribution in [2.24, 2.45) is 0 Å². The molecule has 1 aromatic heterocycles. The first-order valence-electron chi connectivity index (χ1n) is 9.59. The minimum Gasteiger partial charge on any atom is -0.468 e. The van der Waals surface area contributed by atoms with Crippen molar-refractivity contribution in [3.8, 4) is 17.2 Å². The van der Waals surface area contributed by atoms with Gasteiger partial charge in [0.1, 0.15) is 17.3 Å². The summed E-state index contributed by atoms with van der Waals surface area (Å²) in [4.78, 5) is 12.1. The average Bonchev–Trinajstić information content (AvgIpc) is 3.19. The predicted octanol–water partition coefficient (Wildman–Crippen LogP) is 6.17. The lowest BCUT2D eigenvalue weighted by Crippen LogP contribution is -2.30. The zero-order chi connectivity index (χ0) is 22.2. The number of methoxy groups -OCH3 is 1. The maximum absolute atomic E-state index is 13.2. The first-order chi connectivity index (χ1) is 14.8. The van der Waals surface area contributed by atoms with E-state index >= 15 is 0 Å². The standard InChI is InChI=1S/C24H20BrFN2O3/c1-24(2,23(29)30-3)15-4-8-18(9-5-15)28-14-20-21(27-28)12-16(25)13-22(20)31-19-10-6-17(26)7-11-19/h4-14H,1-3H3. The molecule has 0 aliphatic carbocycles. The van der Waals surface area contributed by atoms with E-state index in [9.17, 15) is 9.18 Å². The fraction of sp³-hybridized carbons (Fsp3) is 0.167. The van der Waals surface area contributed by atoms with E-state index in [1.54, 1.807) is 16.8 Å². The lowest BCUT2D eigenvalue weighted by Gasteiger charge is -2.22. The second-order valence-corrected chi connectivity index (χ2v) is 8.55. The van der Waals surface area contributed by atoms with Gasteiger partial charge in [-0.3, -0.25) is 4.79 Å². The minimum absolute atomic E-state index is 0.294. The van der Waals surface area contributed by atoms with E-state index in [1.807, 2.05) is 56.4 Å². The quantitative estimate of drug-likeness (QED) is 0.319. The fourth-order valence-electron chi connectivity index (χ4n) is 3.31. The highest BCUT2D eigenvalue weighted by Gasteiger charge is 2.30. The molecule has 0 amide bonds. The van der Waals surface area contributed by atoms with Gasteiger partial charge in [-0.15, -0.1) is 0 Å². The van der Waals surface area contributed by atoms with Crippen molar-refractivity contribution in [1.82, 2.24) is 9.78 Å². The molecule has 0 spiro atoms. The van der Waals surface area contributed by atoms with E-state index in [0.29, 0.717) is 11.5 Å². The zero-order valence-corrected chi connectivity index (χ0v) is 18.8. The van der Waals surface area contributed by atoms with Crippen LogP contribution in [0.3, 0.4) is 0 Å². The number of aromatic nitrogens is 2. The summed E-state index contributed by atoms with van der Waals surface area (Å²) in [5.74, 6) is 0.518. The van der Waals surface area contributed by atoms with Gasteiger partial charge in [-0.2, -0.15) is 5.10 Å². The third-order valence-electron chi connectivity index (χ3n) is 5.14. The number of esters is 1. The Morgan fingerprint density at radius 3 is 2.39 bits per heavy atom. The number of benzene rings is 3. The van der Waals surface area contributed by atoms with Gasteiger partial charge in [-0.05, 0) is 67.9 Å². The van der Waals surface area contributed by atoms with E-state index in [2.05, 4.69) is 21.0 Å². The van der Waals surface area contributed by atoms with Crippen molar-refractivity contribution in [3.05, 3.63) is 82.7 Å². The van der Waals surface area contributed by atoms with E-state index in [4.69, 9.17) is 9.47 Å². The Balaban J connectivity index is 1.69. The van der Waals surface area contributed by atoms with Crippen LogP contribution >= 0.6 is 15.9 Å². The molecule has 0 bridgehead atoms. The van der Waals surface area contributed by atoms with Crippen molar-refractivity contribution in [2.45, 2.75) is 19.3 Å². The maximum atomic E-state index is 13.2. The highest BCUT2D eigenvalue weighted by atomic mass is 79.9. The second kappa shape index (κ2) is 8.15. The van der Waals surface area contributed by atoms with Gasteiger partial charge in [0, 0.05) is 10.7 Å². The van der Waals surface area contributed by atoms with Crippen molar-refractivity contribution >= 4 is 32.8 Å². The van der Waals surface area contributed by atoms with Gasteiger partial charge in [0.25, 0.3) is 0 Å². The summed E-state index contributed by atoms with van der Waals surface area (Å²) in [6, 6.07) is 17.2. The Morgan fingerprint density at radius 2 is 1.74 bits per heavy atom. The first kappa shape index (κ1) is 21.1. The summed E-state index contributed by atoms with van der Waals surface area (Å²) in [6.45, 7) is 3.65. The third kappa shape index (κ3) is 4.18. The molecule has 0 aliphatic rings. The Hall–Kier alpha value is -3.19. The number of carbonyl (C=O) groups excluding carboxylic acids is 1. The van der Waals surface area contributed by atoms with Gasteiger partial charge in [-0.1, -0.05) is 28.1 Å². The van der Waals surface area contributed by atoms with Crippen LogP contribution in [0.15, 0.2) is 71.3 Å².